The Morgan fingerprint density at radius 1 is 1.30 bits per heavy atom. The van der Waals surface area contributed by atoms with Gasteiger partial charge in [-0.2, -0.15) is 0 Å². The first-order valence-corrected chi connectivity index (χ1v) is 6.06. The van der Waals surface area contributed by atoms with Crippen LogP contribution in [-0.4, -0.2) is 30.5 Å². The van der Waals surface area contributed by atoms with E-state index in [1.807, 2.05) is 0 Å². The Bertz CT molecular complexity index is 121. The first-order chi connectivity index (χ1) is 4.28. The summed E-state index contributed by atoms with van der Waals surface area (Å²) in [7, 11) is -3.82. The van der Waals surface area contributed by atoms with Crippen LogP contribution in [0.3, 0.4) is 0 Å². The van der Waals surface area contributed by atoms with Crippen LogP contribution in [0.4, 0.5) is 12.6 Å². The molecule has 0 bridgehead atoms. The second-order valence-electron chi connectivity index (χ2n) is 2.18. The van der Waals surface area contributed by atoms with Crippen molar-refractivity contribution in [2.24, 2.45) is 0 Å². The van der Waals surface area contributed by atoms with E-state index in [1.54, 1.807) is 0 Å². The van der Waals surface area contributed by atoms with Gasteiger partial charge < -0.3 is 0 Å². The third-order valence-electron chi connectivity index (χ3n) is 1.07. The number of thioether (sulfide) groups is 1. The molecule has 0 aromatic heterocycles. The van der Waals surface area contributed by atoms with Crippen LogP contribution in [0, 0.1) is 0 Å². The van der Waals surface area contributed by atoms with Gasteiger partial charge in [0.1, 0.15) is 0 Å². The van der Waals surface area contributed by atoms with Crippen LogP contribution in [0.5, 0.6) is 0 Å². The molecule has 0 aliphatic rings. The van der Waals surface area contributed by atoms with Crippen molar-refractivity contribution in [3.8, 4) is 0 Å². The van der Waals surface area contributed by atoms with Gasteiger partial charge in [-0.05, 0) is 0 Å². The fourth-order valence-electron chi connectivity index (χ4n) is 0.320. The average Bonchev–Trinajstić information content (AvgIpc) is 1.62. The van der Waals surface area contributed by atoms with E-state index < -0.39 is 13.2 Å². The molecule has 0 aliphatic heterocycles. The monoisotopic (exact) mass is 193 g/mol. The Morgan fingerprint density at radius 3 is 1.80 bits per heavy atom. The molecular formula is C4H11F3NPS. The molecule has 0 saturated carbocycles. The fraction of sp³-hybridized carbons (Fsp3) is 1.00. The average molecular weight is 193 g/mol. The van der Waals surface area contributed by atoms with Gasteiger partial charge in [-0.3, -0.25) is 0 Å². The van der Waals surface area contributed by atoms with E-state index in [4.69, 9.17) is 0 Å². The molecule has 1 nitrogen and oxygen atoms in total. The van der Waals surface area contributed by atoms with Crippen molar-refractivity contribution in [3.63, 3.8) is 0 Å². The number of hydrogen-bond acceptors (Lipinski definition) is 2. The molecule has 0 atom stereocenters. The number of rotatable bonds is 3. The zero-order valence-corrected chi connectivity index (χ0v) is 7.85. The summed E-state index contributed by atoms with van der Waals surface area (Å²) in [5, 5.41) is 0. The van der Waals surface area contributed by atoms with Crippen molar-refractivity contribution in [2.75, 3.05) is 25.8 Å². The molecule has 0 aliphatic carbocycles. The van der Waals surface area contributed by atoms with Crippen LogP contribution in [-0.2, 0) is 0 Å². The first kappa shape index (κ1) is 10.5. The summed E-state index contributed by atoms with van der Waals surface area (Å²) < 4.78 is 38.2. The van der Waals surface area contributed by atoms with Gasteiger partial charge in [-0.1, -0.05) is 0 Å². The Hall–Kier alpha value is 0.530. The van der Waals surface area contributed by atoms with E-state index in [9.17, 15) is 12.6 Å². The third kappa shape index (κ3) is 2.64. The Labute approximate surface area is 63.3 Å². The summed E-state index contributed by atoms with van der Waals surface area (Å²) >= 11 is 0.827. The minimum atomic E-state index is -5.94. The van der Waals surface area contributed by atoms with Gasteiger partial charge in [0.15, 0.2) is 0 Å². The van der Waals surface area contributed by atoms with Crippen molar-refractivity contribution in [1.29, 1.82) is 0 Å². The van der Waals surface area contributed by atoms with Gasteiger partial charge in [0.05, 0.1) is 0 Å². The SMILES string of the molecule is CSCP(F)(F)(F)N(C)C. The summed E-state index contributed by atoms with van der Waals surface area (Å²) in [5.41, 5.74) is -0.710. The summed E-state index contributed by atoms with van der Waals surface area (Å²) in [6, 6.07) is 0. The van der Waals surface area contributed by atoms with Crippen molar-refractivity contribution < 1.29 is 12.6 Å². The van der Waals surface area contributed by atoms with E-state index in [0.29, 0.717) is 4.67 Å². The third-order valence-corrected chi connectivity index (χ3v) is 5.21. The van der Waals surface area contributed by atoms with Gasteiger partial charge in [0.2, 0.25) is 0 Å². The van der Waals surface area contributed by atoms with Crippen molar-refractivity contribution in [2.45, 2.75) is 0 Å². The molecule has 10 heavy (non-hydrogen) atoms. The van der Waals surface area contributed by atoms with Crippen molar-refractivity contribution in [3.05, 3.63) is 0 Å². The van der Waals surface area contributed by atoms with Gasteiger partial charge >= 0.3 is 62.6 Å². The maximum atomic E-state index is 12.6. The summed E-state index contributed by atoms with van der Waals surface area (Å²) in [4.78, 5) is 0. The molecule has 6 heteroatoms. The summed E-state index contributed by atoms with van der Waals surface area (Å²) in [6.45, 7) is 0. The Kier molecular flexibility index (Phi) is 3.03. The van der Waals surface area contributed by atoms with Crippen LogP contribution in [0.15, 0.2) is 0 Å². The molecule has 0 N–H and O–H groups in total. The second kappa shape index (κ2) is 2.88. The molecule has 0 radical (unpaired) electrons. The molecule has 0 rings (SSSR count). The van der Waals surface area contributed by atoms with E-state index in [1.165, 1.54) is 6.26 Å². The topological polar surface area (TPSA) is 3.24 Å². The number of nitrogens with zero attached hydrogens (tertiary/aromatic N) is 1. The van der Waals surface area contributed by atoms with Gasteiger partial charge in [-0.25, -0.2) is 0 Å². The maximum absolute atomic E-state index is 12.6. The van der Waals surface area contributed by atoms with Crippen LogP contribution >= 0.6 is 19.4 Å². The van der Waals surface area contributed by atoms with E-state index in [-0.39, 0.29) is 0 Å². The van der Waals surface area contributed by atoms with E-state index >= 15 is 0 Å². The number of halogens is 3. The molecule has 0 amide bonds. The summed E-state index contributed by atoms with van der Waals surface area (Å²) in [5.74, 6) is 0. The van der Waals surface area contributed by atoms with Crippen LogP contribution in [0.1, 0.15) is 0 Å². The standard InChI is InChI=1S/C4H11F3NPS/c1-8(2)9(5,6,7)4-10-3/h4H2,1-3H3. The molecule has 0 aromatic rings. The summed E-state index contributed by atoms with van der Waals surface area (Å²) in [6.07, 6.45) is 1.46. The van der Waals surface area contributed by atoms with Gasteiger partial charge in [0, 0.05) is 0 Å². The molecular weight excluding hydrogens is 182 g/mol. The predicted molar refractivity (Wildman–Crippen MR) is 42.3 cm³/mol. The molecule has 0 spiro atoms. The molecule has 64 valence electrons. The van der Waals surface area contributed by atoms with Crippen LogP contribution < -0.4 is 0 Å². The second-order valence-corrected chi connectivity index (χ2v) is 6.43. The first-order valence-electron chi connectivity index (χ1n) is 2.61. The van der Waals surface area contributed by atoms with Gasteiger partial charge in [-0.15, -0.1) is 0 Å². The van der Waals surface area contributed by atoms with Gasteiger partial charge in [0.25, 0.3) is 0 Å². The van der Waals surface area contributed by atoms with E-state index in [0.717, 1.165) is 25.9 Å². The molecule has 0 unspecified atom stereocenters. The Morgan fingerprint density at radius 2 is 1.70 bits per heavy atom. The molecule has 0 heterocycles. The molecule has 0 saturated heterocycles. The van der Waals surface area contributed by atoms with E-state index in [2.05, 4.69) is 0 Å². The van der Waals surface area contributed by atoms with Crippen LogP contribution in [0.25, 0.3) is 0 Å². The number of hydrogen-bond donors (Lipinski definition) is 0. The fourth-order valence-corrected chi connectivity index (χ4v) is 2.88. The van der Waals surface area contributed by atoms with Crippen LogP contribution in [0.2, 0.25) is 0 Å². The predicted octanol–water partition coefficient (Wildman–Crippen LogP) is 2.99. The zero-order valence-electron chi connectivity index (χ0n) is 6.14. The van der Waals surface area contributed by atoms with Crippen molar-refractivity contribution in [1.82, 2.24) is 4.67 Å². The molecule has 0 fully saturated rings. The van der Waals surface area contributed by atoms with Crippen molar-refractivity contribution >= 4 is 19.4 Å². The Balaban J connectivity index is 4.26. The quantitative estimate of drug-likeness (QED) is 0.634. The zero-order chi connectivity index (χ0) is 8.44. The molecule has 0 aromatic carbocycles. The minimum absolute atomic E-state index is 0.405. The normalized spacial score (nSPS) is 16.9.